The van der Waals surface area contributed by atoms with Crippen molar-refractivity contribution in [2.75, 3.05) is 44.7 Å². The molecule has 0 spiro atoms. The molecule has 0 saturated carbocycles. The van der Waals surface area contributed by atoms with Crippen LogP contribution in [0, 0.1) is 0 Å². The quantitative estimate of drug-likeness (QED) is 0.154. The molecule has 234 valence electrons. The second kappa shape index (κ2) is 14.9. The summed E-state index contributed by atoms with van der Waals surface area (Å²) in [6.45, 7) is 11.3. The lowest BCUT2D eigenvalue weighted by atomic mass is 9.79. The number of benzene rings is 2. The van der Waals surface area contributed by atoms with Gasteiger partial charge in [-0.1, -0.05) is 35.3 Å². The summed E-state index contributed by atoms with van der Waals surface area (Å²) in [5.74, 6) is 0. The van der Waals surface area contributed by atoms with E-state index < -0.39 is 21.4 Å². The molecule has 0 bridgehead atoms. The molecule has 0 unspecified atom stereocenters. The van der Waals surface area contributed by atoms with Crippen LogP contribution in [0.1, 0.15) is 13.8 Å². The van der Waals surface area contributed by atoms with Crippen molar-refractivity contribution in [3.8, 4) is 11.3 Å². The highest BCUT2D eigenvalue weighted by atomic mass is 79.9. The molecule has 16 heteroatoms. The van der Waals surface area contributed by atoms with Crippen molar-refractivity contribution in [3.05, 3.63) is 76.1 Å². The van der Waals surface area contributed by atoms with E-state index in [-0.39, 0.29) is 5.60 Å². The van der Waals surface area contributed by atoms with Crippen LogP contribution in [0.25, 0.3) is 11.3 Å². The zero-order valence-corrected chi connectivity index (χ0v) is 30.0. The molecule has 2 aromatic carbocycles. The Morgan fingerprint density at radius 1 is 0.818 bits per heavy atom. The van der Waals surface area contributed by atoms with Gasteiger partial charge in [0.15, 0.2) is 0 Å². The third-order valence-corrected chi connectivity index (χ3v) is 9.93. The average Bonchev–Trinajstić information content (AvgIpc) is 3.30. The zero-order chi connectivity index (χ0) is 32.9. The topological polar surface area (TPSA) is 156 Å². The first kappa shape index (κ1) is 36.2. The van der Waals surface area contributed by atoms with E-state index >= 15 is 0 Å². The normalized spacial score (nSPS) is 14.2. The summed E-state index contributed by atoms with van der Waals surface area (Å²) >= 11 is 14.2. The maximum Gasteiger partial charge on any atom is 0.494 e. The summed E-state index contributed by atoms with van der Waals surface area (Å²) < 4.78 is 36.4. The lowest BCUT2D eigenvalue weighted by Gasteiger charge is -2.16. The van der Waals surface area contributed by atoms with Gasteiger partial charge < -0.3 is 29.9 Å². The van der Waals surface area contributed by atoms with Crippen LogP contribution >= 0.6 is 53.4 Å². The molecule has 44 heavy (non-hydrogen) atoms. The number of rotatable bonds is 4. The van der Waals surface area contributed by atoms with Gasteiger partial charge in [-0.2, -0.15) is 0 Å². The van der Waals surface area contributed by atoms with E-state index in [1.165, 1.54) is 12.4 Å². The molecular formula is C28H34BBrCl2N6O4P2. The first-order valence-corrected chi connectivity index (χ1v) is 19.9. The summed E-state index contributed by atoms with van der Waals surface area (Å²) in [5.41, 5.74) is 14.9. The summed E-state index contributed by atoms with van der Waals surface area (Å²) in [7, 11) is -5.20. The van der Waals surface area contributed by atoms with E-state index in [1.54, 1.807) is 57.3 Å². The van der Waals surface area contributed by atoms with Crippen molar-refractivity contribution in [1.29, 1.82) is 0 Å². The highest BCUT2D eigenvalue weighted by molar-refractivity contribution is 9.10. The Morgan fingerprint density at radius 2 is 1.36 bits per heavy atom. The van der Waals surface area contributed by atoms with Crippen LogP contribution < -0.4 is 27.5 Å². The van der Waals surface area contributed by atoms with Crippen molar-refractivity contribution in [2.45, 2.75) is 19.4 Å². The van der Waals surface area contributed by atoms with E-state index in [2.05, 4.69) is 35.9 Å². The molecule has 0 aliphatic carbocycles. The fraction of sp³-hybridized carbons (Fsp3) is 0.286. The highest BCUT2D eigenvalue weighted by Crippen LogP contribution is 2.38. The number of halogens is 3. The van der Waals surface area contributed by atoms with Gasteiger partial charge in [0.1, 0.15) is 29.2 Å². The van der Waals surface area contributed by atoms with Crippen LogP contribution in [0.2, 0.25) is 10.3 Å². The van der Waals surface area contributed by atoms with E-state index in [9.17, 15) is 9.13 Å². The first-order valence-electron chi connectivity index (χ1n) is 13.2. The van der Waals surface area contributed by atoms with Crippen LogP contribution in [-0.4, -0.2) is 65.9 Å². The SMILES string of the molecule is CC1(C)COB(c2ccc(N)c(P(C)(C)=O)c2)O1.CP(C)(=O)c1cc(-c2cnc(Cl)cn2)ccc1N.Clc1cnc(Br)cn1. The molecule has 2 aromatic heterocycles. The van der Waals surface area contributed by atoms with Crippen molar-refractivity contribution in [1.82, 2.24) is 19.9 Å². The molecule has 1 fully saturated rings. The standard InChI is InChI=1S/C12H19BNO3P.C12H13ClN3OP.C4H2BrClN2/c1-12(2)8-16-13(17-12)9-5-6-10(14)11(7-9)18(3,4)15;1-18(2,17)11-5-8(3-4-9(11)14)10-6-16-12(13)7-15-10;5-3-1-8-4(6)2-7-3/h5-7H,8,14H2,1-4H3;3-7H,14H2,1-2H3;1-2H. The minimum Gasteiger partial charge on any atom is -0.404 e. The number of aromatic nitrogens is 4. The minimum absolute atomic E-state index is 0.283. The Balaban J connectivity index is 0.000000194. The smallest absolute Gasteiger partial charge is 0.404 e. The summed E-state index contributed by atoms with van der Waals surface area (Å²) in [5, 5.41) is 2.10. The van der Waals surface area contributed by atoms with E-state index in [1.807, 2.05) is 32.0 Å². The van der Waals surface area contributed by atoms with Crippen molar-refractivity contribution in [3.63, 3.8) is 0 Å². The molecule has 0 amide bonds. The predicted molar refractivity (Wildman–Crippen MR) is 187 cm³/mol. The molecule has 0 radical (unpaired) electrons. The van der Waals surface area contributed by atoms with Crippen LogP contribution in [0.5, 0.6) is 0 Å². The van der Waals surface area contributed by atoms with Gasteiger partial charge in [0.05, 0.1) is 42.7 Å². The third kappa shape index (κ3) is 10.7. The lowest BCUT2D eigenvalue weighted by Crippen LogP contribution is -2.36. The van der Waals surface area contributed by atoms with Crippen LogP contribution in [0.15, 0.2) is 65.8 Å². The van der Waals surface area contributed by atoms with Gasteiger partial charge in [-0.3, -0.25) is 4.98 Å². The van der Waals surface area contributed by atoms with E-state index in [4.69, 9.17) is 44.0 Å². The third-order valence-electron chi connectivity index (χ3n) is 6.03. The molecule has 4 N–H and O–H groups in total. The molecule has 1 saturated heterocycles. The maximum atomic E-state index is 12.2. The van der Waals surface area contributed by atoms with Gasteiger partial charge >= 0.3 is 7.12 Å². The predicted octanol–water partition coefficient (Wildman–Crippen LogP) is 5.56. The first-order chi connectivity index (χ1) is 20.4. The second-order valence-corrected chi connectivity index (χ2v) is 19.2. The van der Waals surface area contributed by atoms with Gasteiger partial charge in [-0.15, -0.1) is 0 Å². The van der Waals surface area contributed by atoms with Gasteiger partial charge in [0.25, 0.3) is 0 Å². The Bertz CT molecular complexity index is 1670. The molecule has 4 aromatic rings. The zero-order valence-electron chi connectivity index (χ0n) is 25.2. The van der Waals surface area contributed by atoms with Crippen LogP contribution in [-0.2, 0) is 18.4 Å². The van der Waals surface area contributed by atoms with Crippen LogP contribution in [0.3, 0.4) is 0 Å². The minimum atomic E-state index is -2.41. The Morgan fingerprint density at radius 3 is 1.82 bits per heavy atom. The molecule has 10 nitrogen and oxygen atoms in total. The number of nitrogen functional groups attached to an aromatic ring is 2. The fourth-order valence-electron chi connectivity index (χ4n) is 3.90. The van der Waals surface area contributed by atoms with E-state index in [0.717, 1.165) is 11.0 Å². The Kier molecular flexibility index (Phi) is 12.2. The van der Waals surface area contributed by atoms with Gasteiger partial charge in [0, 0.05) is 27.5 Å². The van der Waals surface area contributed by atoms with Crippen molar-refractivity contribution >= 4 is 88.0 Å². The van der Waals surface area contributed by atoms with Gasteiger partial charge in [-0.05, 0) is 86.2 Å². The summed E-state index contributed by atoms with van der Waals surface area (Å²) in [6, 6.07) is 10.8. The van der Waals surface area contributed by atoms with E-state index in [0.29, 0.717) is 49.2 Å². The van der Waals surface area contributed by atoms with Gasteiger partial charge in [0.2, 0.25) is 0 Å². The Labute approximate surface area is 276 Å². The summed E-state index contributed by atoms with van der Waals surface area (Å²) in [4.78, 5) is 15.7. The van der Waals surface area contributed by atoms with Crippen molar-refractivity contribution in [2.24, 2.45) is 0 Å². The molecule has 1 aliphatic rings. The second-order valence-electron chi connectivity index (χ2n) is 11.2. The molecule has 3 heterocycles. The lowest BCUT2D eigenvalue weighted by molar-refractivity contribution is 0.137. The largest absolute Gasteiger partial charge is 0.494 e. The van der Waals surface area contributed by atoms with Crippen LogP contribution in [0.4, 0.5) is 11.4 Å². The van der Waals surface area contributed by atoms with Crippen molar-refractivity contribution < 1.29 is 18.4 Å². The number of anilines is 2. The molecule has 1 aliphatic heterocycles. The number of nitrogens with two attached hydrogens (primary N) is 2. The molecular weight excluding hydrogens is 708 g/mol. The molecule has 0 atom stereocenters. The fourth-order valence-corrected chi connectivity index (χ4v) is 6.60. The number of hydrogen-bond acceptors (Lipinski definition) is 10. The average molecular weight is 742 g/mol. The highest BCUT2D eigenvalue weighted by Gasteiger charge is 2.38. The Hall–Kier alpha value is -2.30. The number of nitrogens with zero attached hydrogens (tertiary/aromatic N) is 4. The monoisotopic (exact) mass is 740 g/mol. The maximum absolute atomic E-state index is 12.2. The number of hydrogen-bond donors (Lipinski definition) is 2. The molecule has 5 rings (SSSR count). The summed E-state index contributed by atoms with van der Waals surface area (Å²) in [6.07, 6.45) is 6.08. The van der Waals surface area contributed by atoms with Gasteiger partial charge in [-0.25, -0.2) is 15.0 Å².